The van der Waals surface area contributed by atoms with E-state index in [2.05, 4.69) is 27.1 Å². The van der Waals surface area contributed by atoms with Crippen molar-refractivity contribution in [2.75, 3.05) is 18.4 Å². The van der Waals surface area contributed by atoms with Gasteiger partial charge in [-0.1, -0.05) is 18.1 Å². The van der Waals surface area contributed by atoms with Gasteiger partial charge in [0.05, 0.1) is 6.42 Å². The molecule has 0 aliphatic carbocycles. The molecule has 1 aromatic heterocycles. The van der Waals surface area contributed by atoms with Crippen molar-refractivity contribution in [3.63, 3.8) is 0 Å². The fourth-order valence-electron chi connectivity index (χ4n) is 4.58. The normalized spacial score (nSPS) is 14.1. The quantitative estimate of drug-likeness (QED) is 0.279. The van der Waals surface area contributed by atoms with Crippen LogP contribution in [0.25, 0.3) is 0 Å². The highest BCUT2D eigenvalue weighted by Gasteiger charge is 2.35. The van der Waals surface area contributed by atoms with Crippen LogP contribution in [-0.4, -0.2) is 45.6 Å². The number of alkyl halides is 3. The van der Waals surface area contributed by atoms with E-state index in [0.717, 1.165) is 30.5 Å². The van der Waals surface area contributed by atoms with Crippen molar-refractivity contribution >= 4 is 23.6 Å². The molecule has 2 aromatic carbocycles. The summed E-state index contributed by atoms with van der Waals surface area (Å²) in [5, 5.41) is 2.90. The molecule has 2 heterocycles. The second-order valence-electron chi connectivity index (χ2n) is 11.1. The number of likely N-dealkylation sites (tertiary alicyclic amines) is 1. The van der Waals surface area contributed by atoms with E-state index in [1.807, 2.05) is 32.9 Å². The lowest BCUT2D eigenvalue weighted by Crippen LogP contribution is -2.41. The van der Waals surface area contributed by atoms with Crippen molar-refractivity contribution in [3.8, 4) is 11.8 Å². The molecule has 0 bridgehead atoms. The Morgan fingerprint density at radius 2 is 1.74 bits per heavy atom. The van der Waals surface area contributed by atoms with Crippen LogP contribution in [0.2, 0.25) is 0 Å². The molecule has 8 nitrogen and oxygen atoms in total. The topological polar surface area (TPSA) is 110 Å². The number of ether oxygens (including phenoxy) is 1. The van der Waals surface area contributed by atoms with Crippen molar-refractivity contribution in [2.45, 2.75) is 57.7 Å². The van der Waals surface area contributed by atoms with Gasteiger partial charge in [0, 0.05) is 30.5 Å². The van der Waals surface area contributed by atoms with Crippen LogP contribution in [-0.2, 0) is 22.1 Å². The molecule has 1 saturated heterocycles. The van der Waals surface area contributed by atoms with Crippen molar-refractivity contribution in [1.82, 2.24) is 14.9 Å². The van der Waals surface area contributed by atoms with E-state index in [-0.39, 0.29) is 35.5 Å². The van der Waals surface area contributed by atoms with Gasteiger partial charge in [-0.3, -0.25) is 4.79 Å². The van der Waals surface area contributed by atoms with Crippen LogP contribution in [0.3, 0.4) is 0 Å². The molecule has 0 spiro atoms. The van der Waals surface area contributed by atoms with Gasteiger partial charge in [0.25, 0.3) is 0 Å². The predicted molar refractivity (Wildman–Crippen MR) is 152 cm³/mol. The molecule has 0 saturated carbocycles. The van der Waals surface area contributed by atoms with Crippen LogP contribution < -0.4 is 11.1 Å². The lowest BCUT2D eigenvalue weighted by Gasteiger charge is -2.33. The molecule has 3 N–H and O–H groups in total. The van der Waals surface area contributed by atoms with Gasteiger partial charge in [0.15, 0.2) is 0 Å². The predicted octanol–water partition coefficient (Wildman–Crippen LogP) is 5.92. The fraction of sp³-hybridized carbons (Fsp3) is 0.355. The highest BCUT2D eigenvalue weighted by atomic mass is 19.4. The van der Waals surface area contributed by atoms with E-state index in [1.165, 1.54) is 6.07 Å². The van der Waals surface area contributed by atoms with E-state index in [4.69, 9.17) is 10.5 Å². The zero-order valence-electron chi connectivity index (χ0n) is 23.9. The van der Waals surface area contributed by atoms with Crippen LogP contribution >= 0.6 is 0 Å². The number of hydrogen-bond donors (Lipinski definition) is 2. The SMILES string of the molecule is CC(C)(C)OC(=O)N1CCC(c2ccc(Nc3ncc(C(F)(F)F)c(C#Cc4ccc(F)cc4CC(N)=O)n3)cc2)CC1. The Morgan fingerprint density at radius 1 is 1.07 bits per heavy atom. The number of halogens is 4. The van der Waals surface area contributed by atoms with Crippen molar-refractivity contribution in [1.29, 1.82) is 0 Å². The lowest BCUT2D eigenvalue weighted by molar-refractivity contribution is -0.138. The molecule has 4 rings (SSSR count). The Hall–Kier alpha value is -4.66. The van der Waals surface area contributed by atoms with Gasteiger partial charge < -0.3 is 20.7 Å². The minimum atomic E-state index is -4.78. The number of carbonyl (C=O) groups is 2. The first-order chi connectivity index (χ1) is 20.2. The Bertz CT molecular complexity index is 1550. The fourth-order valence-corrected chi connectivity index (χ4v) is 4.58. The van der Waals surface area contributed by atoms with Crippen molar-refractivity contribution in [2.24, 2.45) is 5.73 Å². The van der Waals surface area contributed by atoms with Gasteiger partial charge >= 0.3 is 12.3 Å². The number of amides is 2. The first-order valence-electron chi connectivity index (χ1n) is 13.6. The number of nitrogens with two attached hydrogens (primary N) is 1. The Morgan fingerprint density at radius 3 is 2.35 bits per heavy atom. The molecule has 0 radical (unpaired) electrons. The molecule has 1 aliphatic rings. The average molecular weight is 598 g/mol. The van der Waals surface area contributed by atoms with Crippen molar-refractivity contribution in [3.05, 3.63) is 82.4 Å². The number of nitrogens with zero attached hydrogens (tertiary/aromatic N) is 3. The summed E-state index contributed by atoms with van der Waals surface area (Å²) < 4.78 is 60.2. The lowest BCUT2D eigenvalue weighted by atomic mass is 9.89. The molecule has 0 atom stereocenters. The van der Waals surface area contributed by atoms with Gasteiger partial charge in [-0.25, -0.2) is 19.2 Å². The van der Waals surface area contributed by atoms with E-state index in [0.29, 0.717) is 25.0 Å². The Kier molecular flexibility index (Phi) is 9.23. The highest BCUT2D eigenvalue weighted by molar-refractivity contribution is 5.77. The number of primary amides is 1. The number of benzene rings is 2. The van der Waals surface area contributed by atoms with E-state index >= 15 is 0 Å². The minimum absolute atomic E-state index is 0.104. The second kappa shape index (κ2) is 12.7. The largest absolute Gasteiger partial charge is 0.444 e. The molecule has 43 heavy (non-hydrogen) atoms. The van der Waals surface area contributed by atoms with Crippen LogP contribution in [0, 0.1) is 17.7 Å². The number of rotatable bonds is 5. The summed E-state index contributed by atoms with van der Waals surface area (Å²) in [6.45, 7) is 6.63. The summed E-state index contributed by atoms with van der Waals surface area (Å²) in [6.07, 6.45) is -3.25. The molecule has 0 unspecified atom stereocenters. The summed E-state index contributed by atoms with van der Waals surface area (Å²) in [4.78, 5) is 33.2. The molecule has 1 fully saturated rings. The third-order valence-corrected chi connectivity index (χ3v) is 6.63. The van der Waals surface area contributed by atoms with E-state index in [1.54, 1.807) is 17.0 Å². The maximum absolute atomic E-state index is 13.7. The standard InChI is InChI=1S/C31H31F4N5O3/c1-30(2,3)43-29(42)40-14-12-21(13-15-40)19-5-9-24(10-6-19)38-28-37-18-25(31(33,34)35)26(39-28)11-7-20-4-8-23(32)16-22(20)17-27(36)41/h4-6,8-10,16,18,21H,12-15,17H2,1-3H3,(H2,36,41)(H,37,38,39). The number of piperidine rings is 1. The molecular formula is C31H31F4N5O3. The van der Waals surface area contributed by atoms with Crippen LogP contribution in [0.5, 0.6) is 0 Å². The second-order valence-corrected chi connectivity index (χ2v) is 11.1. The Balaban J connectivity index is 1.49. The summed E-state index contributed by atoms with van der Waals surface area (Å²) in [5.74, 6) is 3.71. The molecule has 226 valence electrons. The molecule has 12 heteroatoms. The van der Waals surface area contributed by atoms with Gasteiger partial charge in [-0.2, -0.15) is 13.2 Å². The summed E-state index contributed by atoms with van der Waals surface area (Å²) in [5.41, 5.74) is 4.84. The number of anilines is 2. The first-order valence-corrected chi connectivity index (χ1v) is 13.6. The summed E-state index contributed by atoms with van der Waals surface area (Å²) >= 11 is 0. The summed E-state index contributed by atoms with van der Waals surface area (Å²) in [7, 11) is 0. The van der Waals surface area contributed by atoms with Crippen molar-refractivity contribution < 1.29 is 31.9 Å². The molecular weight excluding hydrogens is 566 g/mol. The van der Waals surface area contributed by atoms with Crippen LogP contribution in [0.1, 0.15) is 67.5 Å². The number of carbonyl (C=O) groups excluding carboxylic acids is 2. The highest BCUT2D eigenvalue weighted by Crippen LogP contribution is 2.32. The third kappa shape index (κ3) is 8.67. The molecule has 1 aliphatic heterocycles. The summed E-state index contributed by atoms with van der Waals surface area (Å²) in [6, 6.07) is 10.8. The van der Waals surface area contributed by atoms with Gasteiger partial charge in [0.2, 0.25) is 11.9 Å². The maximum Gasteiger partial charge on any atom is 0.420 e. The minimum Gasteiger partial charge on any atom is -0.444 e. The average Bonchev–Trinajstić information content (AvgIpc) is 2.91. The third-order valence-electron chi connectivity index (χ3n) is 6.63. The van der Waals surface area contributed by atoms with Gasteiger partial charge in [-0.15, -0.1) is 0 Å². The Labute approximate surface area is 246 Å². The number of aromatic nitrogens is 2. The van der Waals surface area contributed by atoms with Gasteiger partial charge in [0.1, 0.15) is 22.7 Å². The van der Waals surface area contributed by atoms with Crippen LogP contribution in [0.15, 0.2) is 48.7 Å². The van der Waals surface area contributed by atoms with E-state index < -0.39 is 34.8 Å². The number of nitrogens with one attached hydrogen (secondary N) is 1. The zero-order chi connectivity index (χ0) is 31.4. The zero-order valence-corrected chi connectivity index (χ0v) is 23.9. The van der Waals surface area contributed by atoms with Gasteiger partial charge in [-0.05, 0) is 86.9 Å². The molecule has 2 amide bonds. The van der Waals surface area contributed by atoms with E-state index in [9.17, 15) is 27.2 Å². The van der Waals surface area contributed by atoms with Crippen LogP contribution in [0.4, 0.5) is 34.0 Å². The number of hydrogen-bond acceptors (Lipinski definition) is 6. The smallest absolute Gasteiger partial charge is 0.420 e. The maximum atomic E-state index is 13.7. The molecule has 3 aromatic rings. The monoisotopic (exact) mass is 597 g/mol. The first kappa shape index (κ1) is 31.3.